The highest BCUT2D eigenvalue weighted by molar-refractivity contribution is 7.98. The van der Waals surface area contributed by atoms with Crippen LogP contribution >= 0.6 is 11.8 Å². The van der Waals surface area contributed by atoms with Crippen LogP contribution in [0.3, 0.4) is 0 Å². The SMILES string of the molecule is CCCn1c(SCc2ccccc2C#N)n[nH]c1=O. The molecule has 0 aliphatic rings. The molecule has 0 saturated heterocycles. The average Bonchev–Trinajstić information content (AvgIpc) is 2.78. The number of rotatable bonds is 5. The van der Waals surface area contributed by atoms with Crippen LogP contribution < -0.4 is 5.69 Å². The van der Waals surface area contributed by atoms with Gasteiger partial charge in [0.2, 0.25) is 0 Å². The molecule has 1 aromatic carbocycles. The zero-order chi connectivity index (χ0) is 13.7. The van der Waals surface area contributed by atoms with Gasteiger partial charge in [0.15, 0.2) is 5.16 Å². The molecule has 6 heteroatoms. The van der Waals surface area contributed by atoms with Crippen LogP contribution in [0.15, 0.2) is 34.2 Å². The van der Waals surface area contributed by atoms with E-state index in [-0.39, 0.29) is 5.69 Å². The number of aromatic nitrogens is 3. The molecule has 5 nitrogen and oxygen atoms in total. The van der Waals surface area contributed by atoms with Crippen molar-refractivity contribution < 1.29 is 0 Å². The summed E-state index contributed by atoms with van der Waals surface area (Å²) in [5, 5.41) is 16.2. The maximum atomic E-state index is 11.5. The van der Waals surface area contributed by atoms with Gasteiger partial charge >= 0.3 is 5.69 Å². The smallest absolute Gasteiger partial charge is 0.270 e. The van der Waals surface area contributed by atoms with Gasteiger partial charge in [0, 0.05) is 12.3 Å². The molecule has 0 radical (unpaired) electrons. The molecule has 2 aromatic rings. The first kappa shape index (κ1) is 13.4. The second kappa shape index (κ2) is 6.25. The zero-order valence-corrected chi connectivity index (χ0v) is 11.4. The van der Waals surface area contributed by atoms with Crippen LogP contribution in [0.25, 0.3) is 0 Å². The molecule has 0 aliphatic heterocycles. The number of thioether (sulfide) groups is 1. The van der Waals surface area contributed by atoms with Crippen molar-refractivity contribution >= 4 is 11.8 Å². The van der Waals surface area contributed by atoms with E-state index in [4.69, 9.17) is 5.26 Å². The normalized spacial score (nSPS) is 10.3. The predicted octanol–water partition coefficient (Wildman–Crippen LogP) is 2.15. The van der Waals surface area contributed by atoms with Gasteiger partial charge < -0.3 is 0 Å². The van der Waals surface area contributed by atoms with Crippen LogP contribution in [0.1, 0.15) is 24.5 Å². The molecule has 19 heavy (non-hydrogen) atoms. The summed E-state index contributed by atoms with van der Waals surface area (Å²) in [6, 6.07) is 9.62. The van der Waals surface area contributed by atoms with Crippen LogP contribution in [0.5, 0.6) is 0 Å². The molecule has 0 amide bonds. The molecule has 0 fully saturated rings. The molecular weight excluding hydrogens is 260 g/mol. The Morgan fingerprint density at radius 1 is 1.47 bits per heavy atom. The molecule has 2 rings (SSSR count). The summed E-state index contributed by atoms with van der Waals surface area (Å²) in [4.78, 5) is 11.5. The molecule has 98 valence electrons. The first-order chi connectivity index (χ1) is 9.26. The lowest BCUT2D eigenvalue weighted by molar-refractivity contribution is 0.604. The zero-order valence-electron chi connectivity index (χ0n) is 10.6. The second-order valence-corrected chi connectivity index (χ2v) is 4.96. The van der Waals surface area contributed by atoms with E-state index in [1.54, 1.807) is 10.6 Å². The van der Waals surface area contributed by atoms with Crippen molar-refractivity contribution in [2.24, 2.45) is 0 Å². The summed E-state index contributed by atoms with van der Waals surface area (Å²) < 4.78 is 1.62. The Balaban J connectivity index is 2.15. The molecular formula is C13H14N4OS. The molecule has 0 spiro atoms. The number of aromatic amines is 1. The summed E-state index contributed by atoms with van der Waals surface area (Å²) >= 11 is 1.46. The molecule has 0 saturated carbocycles. The second-order valence-electron chi connectivity index (χ2n) is 4.02. The lowest BCUT2D eigenvalue weighted by atomic mass is 10.1. The monoisotopic (exact) mass is 274 g/mol. The van der Waals surface area contributed by atoms with Gasteiger partial charge in [-0.15, -0.1) is 5.10 Å². The van der Waals surface area contributed by atoms with Gasteiger partial charge in [-0.2, -0.15) is 5.26 Å². The third kappa shape index (κ3) is 3.06. The van der Waals surface area contributed by atoms with Gasteiger partial charge in [0.25, 0.3) is 0 Å². The minimum atomic E-state index is -0.182. The number of nitrogens with one attached hydrogen (secondary N) is 1. The van der Waals surface area contributed by atoms with E-state index in [1.165, 1.54) is 11.8 Å². The summed E-state index contributed by atoms with van der Waals surface area (Å²) in [6.07, 6.45) is 0.877. The first-order valence-electron chi connectivity index (χ1n) is 6.02. The number of nitrogens with zero attached hydrogens (tertiary/aromatic N) is 3. The van der Waals surface area contributed by atoms with Crippen molar-refractivity contribution in [1.82, 2.24) is 14.8 Å². The molecule has 0 atom stereocenters. The van der Waals surface area contributed by atoms with E-state index >= 15 is 0 Å². The topological polar surface area (TPSA) is 74.5 Å². The van der Waals surface area contributed by atoms with E-state index in [2.05, 4.69) is 16.3 Å². The van der Waals surface area contributed by atoms with E-state index in [0.29, 0.717) is 23.0 Å². The quantitative estimate of drug-likeness (QED) is 0.848. The Morgan fingerprint density at radius 3 is 3.00 bits per heavy atom. The van der Waals surface area contributed by atoms with E-state index < -0.39 is 0 Å². The third-order valence-electron chi connectivity index (χ3n) is 2.67. The largest absolute Gasteiger partial charge is 0.343 e. The van der Waals surface area contributed by atoms with Gasteiger partial charge in [-0.25, -0.2) is 9.89 Å². The predicted molar refractivity (Wildman–Crippen MR) is 73.9 cm³/mol. The number of H-pyrrole nitrogens is 1. The summed E-state index contributed by atoms with van der Waals surface area (Å²) in [7, 11) is 0. The Bertz CT molecular complexity index is 653. The molecule has 0 bridgehead atoms. The Hall–Kier alpha value is -2.00. The third-order valence-corrected chi connectivity index (χ3v) is 3.69. The fourth-order valence-electron chi connectivity index (χ4n) is 1.73. The Kier molecular flexibility index (Phi) is 4.42. The number of benzene rings is 1. The van der Waals surface area contributed by atoms with Crippen molar-refractivity contribution in [3.63, 3.8) is 0 Å². The fraction of sp³-hybridized carbons (Fsp3) is 0.308. The summed E-state index contributed by atoms with van der Waals surface area (Å²) in [5.74, 6) is 0.623. The standard InChI is InChI=1S/C13H14N4OS/c1-2-7-17-12(18)15-16-13(17)19-9-11-6-4-3-5-10(11)8-14/h3-6H,2,7,9H2,1H3,(H,15,18). The molecule has 0 aliphatic carbocycles. The highest BCUT2D eigenvalue weighted by Gasteiger charge is 2.09. The molecule has 0 unspecified atom stereocenters. The number of hydrogen-bond donors (Lipinski definition) is 1. The summed E-state index contributed by atoms with van der Waals surface area (Å²) in [5.41, 5.74) is 1.43. The van der Waals surface area contributed by atoms with E-state index in [0.717, 1.165) is 12.0 Å². The molecule has 1 N–H and O–H groups in total. The highest BCUT2D eigenvalue weighted by atomic mass is 32.2. The molecule has 1 heterocycles. The lowest BCUT2D eigenvalue weighted by Gasteiger charge is -2.04. The highest BCUT2D eigenvalue weighted by Crippen LogP contribution is 2.21. The Morgan fingerprint density at radius 2 is 2.26 bits per heavy atom. The van der Waals surface area contributed by atoms with Crippen LogP contribution in [-0.4, -0.2) is 14.8 Å². The fourth-order valence-corrected chi connectivity index (χ4v) is 2.71. The summed E-state index contributed by atoms with van der Waals surface area (Å²) in [6.45, 7) is 2.66. The average molecular weight is 274 g/mol. The van der Waals surface area contributed by atoms with Crippen LogP contribution in [0.2, 0.25) is 0 Å². The minimum Gasteiger partial charge on any atom is -0.270 e. The van der Waals surface area contributed by atoms with Gasteiger partial charge in [-0.1, -0.05) is 36.9 Å². The van der Waals surface area contributed by atoms with Gasteiger partial charge in [-0.3, -0.25) is 4.57 Å². The van der Waals surface area contributed by atoms with Crippen molar-refractivity contribution in [1.29, 1.82) is 5.26 Å². The first-order valence-corrected chi connectivity index (χ1v) is 7.00. The maximum Gasteiger partial charge on any atom is 0.343 e. The Labute approximate surface area is 115 Å². The van der Waals surface area contributed by atoms with Crippen LogP contribution in [0.4, 0.5) is 0 Å². The lowest BCUT2D eigenvalue weighted by Crippen LogP contribution is -2.17. The van der Waals surface area contributed by atoms with Crippen molar-refractivity contribution in [3.8, 4) is 6.07 Å². The minimum absolute atomic E-state index is 0.182. The number of hydrogen-bond acceptors (Lipinski definition) is 4. The maximum absolute atomic E-state index is 11.5. The van der Waals surface area contributed by atoms with Gasteiger partial charge in [0.05, 0.1) is 11.6 Å². The van der Waals surface area contributed by atoms with Gasteiger partial charge in [0.1, 0.15) is 0 Å². The van der Waals surface area contributed by atoms with Crippen molar-refractivity contribution in [2.45, 2.75) is 30.8 Å². The number of nitriles is 1. The van der Waals surface area contributed by atoms with Crippen LogP contribution in [-0.2, 0) is 12.3 Å². The van der Waals surface area contributed by atoms with E-state index in [9.17, 15) is 4.79 Å². The van der Waals surface area contributed by atoms with Crippen LogP contribution in [0, 0.1) is 11.3 Å². The van der Waals surface area contributed by atoms with Crippen molar-refractivity contribution in [2.75, 3.05) is 0 Å². The van der Waals surface area contributed by atoms with Crippen molar-refractivity contribution in [3.05, 3.63) is 45.9 Å². The van der Waals surface area contributed by atoms with E-state index in [1.807, 2.05) is 25.1 Å². The molecule has 1 aromatic heterocycles. The van der Waals surface area contributed by atoms with Gasteiger partial charge in [-0.05, 0) is 18.1 Å².